The molecule has 0 amide bonds. The molecule has 0 saturated carbocycles. The SMILES string of the molecule is CC[C@@H]1O[C@H]([C@@H](O)/C=C/[C@H](O)C/C=C\C/C=C\C/C=C\CCC(=O)O)C[C@@H]1O. The number of aliphatic carboxylic acids is 1. The van der Waals surface area contributed by atoms with Gasteiger partial charge in [0.25, 0.3) is 0 Å². The van der Waals surface area contributed by atoms with Crippen LogP contribution >= 0.6 is 0 Å². The average molecular weight is 395 g/mol. The fourth-order valence-corrected chi connectivity index (χ4v) is 2.90. The smallest absolute Gasteiger partial charge is 0.303 e. The number of allylic oxidation sites excluding steroid dienone is 5. The van der Waals surface area contributed by atoms with Crippen LogP contribution in [0.25, 0.3) is 0 Å². The van der Waals surface area contributed by atoms with Gasteiger partial charge >= 0.3 is 5.97 Å². The van der Waals surface area contributed by atoms with E-state index in [0.717, 1.165) is 12.8 Å². The maximum Gasteiger partial charge on any atom is 0.303 e. The third-order valence-electron chi connectivity index (χ3n) is 4.51. The van der Waals surface area contributed by atoms with E-state index in [1.807, 2.05) is 43.4 Å². The molecule has 1 aliphatic rings. The lowest BCUT2D eigenvalue weighted by atomic mass is 10.1. The maximum absolute atomic E-state index is 10.3. The third-order valence-corrected chi connectivity index (χ3v) is 4.51. The number of carboxylic acid groups (broad SMARTS) is 1. The van der Waals surface area contributed by atoms with Crippen LogP contribution in [0.2, 0.25) is 0 Å². The van der Waals surface area contributed by atoms with Crippen molar-refractivity contribution in [3.05, 3.63) is 48.6 Å². The van der Waals surface area contributed by atoms with Crippen molar-refractivity contribution in [2.75, 3.05) is 0 Å². The Morgan fingerprint density at radius 3 is 2.32 bits per heavy atom. The first-order valence-electron chi connectivity index (χ1n) is 9.98. The third kappa shape index (κ3) is 10.6. The number of aliphatic hydroxyl groups is 3. The van der Waals surface area contributed by atoms with Crippen LogP contribution in [-0.4, -0.2) is 56.9 Å². The zero-order valence-electron chi connectivity index (χ0n) is 16.6. The van der Waals surface area contributed by atoms with Gasteiger partial charge in [-0.15, -0.1) is 0 Å². The van der Waals surface area contributed by atoms with Crippen LogP contribution in [0.3, 0.4) is 0 Å². The number of carbonyl (C=O) groups is 1. The quantitative estimate of drug-likeness (QED) is 0.358. The van der Waals surface area contributed by atoms with Crippen LogP contribution in [0.1, 0.15) is 51.9 Å². The molecule has 1 saturated heterocycles. The summed E-state index contributed by atoms with van der Waals surface area (Å²) >= 11 is 0. The van der Waals surface area contributed by atoms with Crippen LogP contribution in [0.4, 0.5) is 0 Å². The first-order chi connectivity index (χ1) is 13.4. The van der Waals surface area contributed by atoms with Crippen molar-refractivity contribution in [2.24, 2.45) is 0 Å². The van der Waals surface area contributed by atoms with Crippen molar-refractivity contribution < 1.29 is 30.0 Å². The Morgan fingerprint density at radius 1 is 1.07 bits per heavy atom. The van der Waals surface area contributed by atoms with Gasteiger partial charge in [0.1, 0.15) is 0 Å². The van der Waals surface area contributed by atoms with E-state index in [1.54, 1.807) is 6.08 Å². The molecule has 1 heterocycles. The summed E-state index contributed by atoms with van der Waals surface area (Å²) in [6.07, 6.45) is 15.9. The molecule has 1 fully saturated rings. The van der Waals surface area contributed by atoms with Gasteiger partial charge in [-0.05, 0) is 32.1 Å². The summed E-state index contributed by atoms with van der Waals surface area (Å²) in [6, 6.07) is 0. The minimum Gasteiger partial charge on any atom is -0.481 e. The van der Waals surface area contributed by atoms with E-state index >= 15 is 0 Å². The highest BCUT2D eigenvalue weighted by Crippen LogP contribution is 2.25. The zero-order valence-corrected chi connectivity index (χ0v) is 16.6. The highest BCUT2D eigenvalue weighted by molar-refractivity contribution is 5.66. The fourth-order valence-electron chi connectivity index (χ4n) is 2.90. The second-order valence-corrected chi connectivity index (χ2v) is 6.92. The second-order valence-electron chi connectivity index (χ2n) is 6.92. The van der Waals surface area contributed by atoms with Crippen molar-refractivity contribution >= 4 is 5.97 Å². The predicted molar refractivity (Wildman–Crippen MR) is 109 cm³/mol. The number of carboxylic acids is 1. The molecule has 6 nitrogen and oxygen atoms in total. The summed E-state index contributed by atoms with van der Waals surface area (Å²) < 4.78 is 5.61. The van der Waals surface area contributed by atoms with E-state index in [2.05, 4.69) is 0 Å². The molecule has 0 aromatic heterocycles. The normalized spacial score (nSPS) is 25.5. The number of hydrogen-bond donors (Lipinski definition) is 4. The van der Waals surface area contributed by atoms with Crippen LogP contribution in [0, 0.1) is 0 Å². The van der Waals surface area contributed by atoms with Crippen LogP contribution in [0.15, 0.2) is 48.6 Å². The van der Waals surface area contributed by atoms with Gasteiger partial charge in [0, 0.05) is 12.8 Å². The van der Waals surface area contributed by atoms with Crippen molar-refractivity contribution in [2.45, 2.75) is 82.4 Å². The lowest BCUT2D eigenvalue weighted by molar-refractivity contribution is -0.136. The molecule has 0 radical (unpaired) electrons. The average Bonchev–Trinajstić information content (AvgIpc) is 3.04. The topological polar surface area (TPSA) is 107 Å². The molecule has 0 unspecified atom stereocenters. The second kappa shape index (κ2) is 14.3. The van der Waals surface area contributed by atoms with Gasteiger partial charge in [-0.2, -0.15) is 0 Å². The Labute approximate surface area is 167 Å². The molecular formula is C22H34O6. The van der Waals surface area contributed by atoms with Crippen LogP contribution < -0.4 is 0 Å². The molecule has 0 spiro atoms. The van der Waals surface area contributed by atoms with E-state index in [-0.39, 0.29) is 12.5 Å². The number of aliphatic hydroxyl groups excluding tert-OH is 3. The van der Waals surface area contributed by atoms with Gasteiger partial charge in [0.15, 0.2) is 0 Å². The molecule has 28 heavy (non-hydrogen) atoms. The van der Waals surface area contributed by atoms with E-state index in [9.17, 15) is 20.1 Å². The standard InChI is InChI=1S/C22H34O6/c1-2-20-19(25)16-21(28-20)18(24)15-14-17(23)12-10-8-6-4-3-5-7-9-11-13-22(26)27/h3-4,7-10,14-15,17-21,23-25H,2,5-6,11-13,16H2,1H3,(H,26,27)/b4-3-,9-7-,10-8-,15-14+/t17-,18+,19+,20+,21+/m1/s1. The molecular weight excluding hydrogens is 360 g/mol. The Bertz CT molecular complexity index is 551. The van der Waals surface area contributed by atoms with E-state index in [4.69, 9.17) is 9.84 Å². The highest BCUT2D eigenvalue weighted by Gasteiger charge is 2.35. The monoisotopic (exact) mass is 394 g/mol. The molecule has 1 aliphatic heterocycles. The Kier molecular flexibility index (Phi) is 12.4. The number of ether oxygens (including phenoxy) is 1. The summed E-state index contributed by atoms with van der Waals surface area (Å²) in [7, 11) is 0. The van der Waals surface area contributed by atoms with Crippen molar-refractivity contribution in [3.63, 3.8) is 0 Å². The van der Waals surface area contributed by atoms with Crippen molar-refractivity contribution in [1.29, 1.82) is 0 Å². The lowest BCUT2D eigenvalue weighted by Crippen LogP contribution is -2.24. The fraction of sp³-hybridized carbons (Fsp3) is 0.591. The largest absolute Gasteiger partial charge is 0.481 e. The van der Waals surface area contributed by atoms with Gasteiger partial charge in [0.05, 0.1) is 30.5 Å². The van der Waals surface area contributed by atoms with Gasteiger partial charge < -0.3 is 25.2 Å². The molecule has 6 heteroatoms. The van der Waals surface area contributed by atoms with Crippen molar-refractivity contribution in [3.8, 4) is 0 Å². The van der Waals surface area contributed by atoms with Crippen LogP contribution in [-0.2, 0) is 9.53 Å². The molecule has 0 bridgehead atoms. The first kappa shape index (κ1) is 24.3. The lowest BCUT2D eigenvalue weighted by Gasteiger charge is -2.16. The molecule has 158 valence electrons. The zero-order chi connectivity index (χ0) is 20.8. The predicted octanol–water partition coefficient (Wildman–Crippen LogP) is 2.90. The maximum atomic E-state index is 10.3. The van der Waals surface area contributed by atoms with E-state index < -0.39 is 30.4 Å². The minimum atomic E-state index is -0.837. The van der Waals surface area contributed by atoms with Gasteiger partial charge in [0.2, 0.25) is 0 Å². The minimum absolute atomic E-state index is 0.158. The van der Waals surface area contributed by atoms with Gasteiger partial charge in [-0.3, -0.25) is 4.79 Å². The number of hydrogen-bond acceptors (Lipinski definition) is 5. The van der Waals surface area contributed by atoms with E-state index in [1.165, 1.54) is 6.08 Å². The highest BCUT2D eigenvalue weighted by atomic mass is 16.5. The molecule has 0 aromatic carbocycles. The summed E-state index contributed by atoms with van der Waals surface area (Å²) in [5.74, 6) is -0.785. The van der Waals surface area contributed by atoms with Gasteiger partial charge in [-0.1, -0.05) is 55.5 Å². The van der Waals surface area contributed by atoms with E-state index in [0.29, 0.717) is 25.7 Å². The summed E-state index contributed by atoms with van der Waals surface area (Å²) in [5, 5.41) is 38.4. The Hall–Kier alpha value is -1.73. The summed E-state index contributed by atoms with van der Waals surface area (Å²) in [5.41, 5.74) is 0. The Morgan fingerprint density at radius 2 is 1.71 bits per heavy atom. The molecule has 5 atom stereocenters. The van der Waals surface area contributed by atoms with Crippen LogP contribution in [0.5, 0.6) is 0 Å². The Balaban J connectivity index is 2.16. The molecule has 0 aliphatic carbocycles. The van der Waals surface area contributed by atoms with Crippen molar-refractivity contribution in [1.82, 2.24) is 0 Å². The summed E-state index contributed by atoms with van der Waals surface area (Å²) in [4.78, 5) is 10.3. The molecule has 4 N–H and O–H groups in total. The molecule has 1 rings (SSSR count). The molecule has 0 aromatic rings. The summed E-state index contributed by atoms with van der Waals surface area (Å²) in [6.45, 7) is 1.93. The van der Waals surface area contributed by atoms with Gasteiger partial charge in [-0.25, -0.2) is 0 Å². The number of rotatable bonds is 13. The first-order valence-corrected chi connectivity index (χ1v) is 9.98.